The molecule has 5 nitrogen and oxygen atoms in total. The smallest absolute Gasteiger partial charge is 0.193 e. The lowest BCUT2D eigenvalue weighted by molar-refractivity contribution is 0.309. The zero-order valence-corrected chi connectivity index (χ0v) is 18.7. The number of nitrogens with zero attached hydrogens (tertiary/aromatic N) is 2. The Balaban J connectivity index is 0.00000288. The maximum Gasteiger partial charge on any atom is 0.193 e. The fourth-order valence-corrected chi connectivity index (χ4v) is 4.60. The monoisotopic (exact) mass is 471 g/mol. The summed E-state index contributed by atoms with van der Waals surface area (Å²) in [6.07, 6.45) is 6.62. The first-order chi connectivity index (χ1) is 10.7. The van der Waals surface area contributed by atoms with E-state index >= 15 is 0 Å². The van der Waals surface area contributed by atoms with Crippen molar-refractivity contribution in [3.05, 3.63) is 0 Å². The Morgan fingerprint density at radius 2 is 1.83 bits per heavy atom. The van der Waals surface area contributed by atoms with E-state index in [0.29, 0.717) is 12.0 Å². The number of aliphatic imine (C=N–C) groups is 1. The first-order valence-electron chi connectivity index (χ1n) is 8.95. The van der Waals surface area contributed by atoms with Gasteiger partial charge in [-0.1, -0.05) is 12.8 Å². The van der Waals surface area contributed by atoms with Gasteiger partial charge in [0.25, 0.3) is 0 Å². The largest absolute Gasteiger partial charge is 0.357 e. The number of hydrogen-bond donors (Lipinski definition) is 1. The molecule has 0 aromatic heterocycles. The van der Waals surface area contributed by atoms with Crippen molar-refractivity contribution in [2.45, 2.75) is 64.5 Å². The molecule has 142 valence electrons. The standard InChI is InChI=1S/C17H33N3O2S.HI/c1-5-18-15(19-11-13-23(21,22)16(2,3)4)20-12-10-17(14-20)8-6-7-9-17;/h5-14H2,1-4H3,(H,18,19);1H. The van der Waals surface area contributed by atoms with Crippen molar-refractivity contribution in [1.29, 1.82) is 0 Å². The number of halogens is 1. The summed E-state index contributed by atoms with van der Waals surface area (Å²) >= 11 is 0. The normalized spacial score (nSPS) is 21.2. The van der Waals surface area contributed by atoms with E-state index in [1.54, 1.807) is 20.8 Å². The highest BCUT2D eigenvalue weighted by molar-refractivity contribution is 14.0. The number of hydrogen-bond acceptors (Lipinski definition) is 3. The van der Waals surface area contributed by atoms with Crippen LogP contribution in [-0.2, 0) is 9.84 Å². The van der Waals surface area contributed by atoms with E-state index < -0.39 is 14.6 Å². The Labute approximate surface area is 165 Å². The van der Waals surface area contributed by atoms with E-state index in [2.05, 4.69) is 22.1 Å². The van der Waals surface area contributed by atoms with Crippen LogP contribution in [0.15, 0.2) is 4.99 Å². The first kappa shape index (κ1) is 22.0. The summed E-state index contributed by atoms with van der Waals surface area (Å²) in [5, 5.41) is 3.34. The van der Waals surface area contributed by atoms with Crippen LogP contribution in [0.1, 0.15) is 59.8 Å². The van der Waals surface area contributed by atoms with Gasteiger partial charge in [0.2, 0.25) is 0 Å². The lowest BCUT2D eigenvalue weighted by Crippen LogP contribution is -2.41. The van der Waals surface area contributed by atoms with Gasteiger partial charge in [0.15, 0.2) is 15.8 Å². The molecular formula is C17H34IN3O2S. The van der Waals surface area contributed by atoms with Crippen LogP contribution in [0.4, 0.5) is 0 Å². The molecule has 1 spiro atoms. The maximum absolute atomic E-state index is 12.2. The minimum absolute atomic E-state index is 0. The molecule has 7 heteroatoms. The third-order valence-electron chi connectivity index (χ3n) is 5.29. The minimum Gasteiger partial charge on any atom is -0.357 e. The van der Waals surface area contributed by atoms with E-state index in [4.69, 9.17) is 0 Å². The van der Waals surface area contributed by atoms with Crippen molar-refractivity contribution in [3.63, 3.8) is 0 Å². The Bertz CT molecular complexity index is 535. The molecule has 2 fully saturated rings. The fraction of sp³-hybridized carbons (Fsp3) is 0.941. The fourth-order valence-electron chi connectivity index (χ4n) is 3.65. The van der Waals surface area contributed by atoms with Gasteiger partial charge in [-0.3, -0.25) is 4.99 Å². The molecule has 2 aliphatic rings. The van der Waals surface area contributed by atoms with Crippen LogP contribution in [0.3, 0.4) is 0 Å². The molecule has 2 rings (SSSR count). The van der Waals surface area contributed by atoms with Crippen molar-refractivity contribution in [2.75, 3.05) is 31.9 Å². The highest BCUT2D eigenvalue weighted by Gasteiger charge is 2.41. The second-order valence-corrected chi connectivity index (χ2v) is 10.9. The summed E-state index contributed by atoms with van der Waals surface area (Å²) in [7, 11) is -3.11. The summed E-state index contributed by atoms with van der Waals surface area (Å²) in [5.41, 5.74) is 0.494. The Morgan fingerprint density at radius 3 is 2.38 bits per heavy atom. The second kappa shape index (κ2) is 8.56. The van der Waals surface area contributed by atoms with Crippen LogP contribution in [-0.4, -0.2) is 56.0 Å². The predicted molar refractivity (Wildman–Crippen MR) is 112 cm³/mol. The zero-order chi connectivity index (χ0) is 17.1. The SMILES string of the molecule is CCNC(=NCCS(=O)(=O)C(C)(C)C)N1CCC2(CCCC2)C1.I. The van der Waals surface area contributed by atoms with Gasteiger partial charge in [-0.15, -0.1) is 24.0 Å². The minimum atomic E-state index is -3.11. The molecule has 0 unspecified atom stereocenters. The summed E-state index contributed by atoms with van der Waals surface area (Å²) < 4.78 is 23.7. The highest BCUT2D eigenvalue weighted by Crippen LogP contribution is 2.45. The van der Waals surface area contributed by atoms with Crippen LogP contribution in [0.2, 0.25) is 0 Å². The van der Waals surface area contributed by atoms with Crippen molar-refractivity contribution in [2.24, 2.45) is 10.4 Å². The topological polar surface area (TPSA) is 61.8 Å². The van der Waals surface area contributed by atoms with E-state index in [-0.39, 0.29) is 29.7 Å². The molecule has 1 saturated heterocycles. The molecule has 1 aliphatic carbocycles. The average Bonchev–Trinajstić information content (AvgIpc) is 3.07. The number of nitrogens with one attached hydrogen (secondary N) is 1. The number of rotatable bonds is 4. The van der Waals surface area contributed by atoms with Gasteiger partial charge < -0.3 is 10.2 Å². The summed E-state index contributed by atoms with van der Waals surface area (Å²) in [4.78, 5) is 6.93. The van der Waals surface area contributed by atoms with Gasteiger partial charge in [0.05, 0.1) is 17.0 Å². The molecule has 0 aromatic carbocycles. The lowest BCUT2D eigenvalue weighted by Gasteiger charge is -2.26. The van der Waals surface area contributed by atoms with Crippen molar-refractivity contribution in [3.8, 4) is 0 Å². The Kier molecular flexibility index (Phi) is 7.84. The molecule has 0 aromatic rings. The number of guanidine groups is 1. The maximum atomic E-state index is 12.2. The molecule has 1 saturated carbocycles. The zero-order valence-electron chi connectivity index (χ0n) is 15.6. The predicted octanol–water partition coefficient (Wildman–Crippen LogP) is 3.05. The molecule has 0 atom stereocenters. The number of likely N-dealkylation sites (tertiary alicyclic amines) is 1. The molecule has 0 radical (unpaired) electrons. The summed E-state index contributed by atoms with van der Waals surface area (Å²) in [6, 6.07) is 0. The van der Waals surface area contributed by atoms with Crippen LogP contribution in [0.25, 0.3) is 0 Å². The van der Waals surface area contributed by atoms with E-state index in [1.807, 2.05) is 0 Å². The summed E-state index contributed by atoms with van der Waals surface area (Å²) in [6.45, 7) is 10.6. The van der Waals surface area contributed by atoms with Crippen molar-refractivity contribution >= 4 is 39.8 Å². The van der Waals surface area contributed by atoms with Gasteiger partial charge >= 0.3 is 0 Å². The molecule has 24 heavy (non-hydrogen) atoms. The van der Waals surface area contributed by atoms with E-state index in [0.717, 1.165) is 25.6 Å². The van der Waals surface area contributed by atoms with Crippen molar-refractivity contribution < 1.29 is 8.42 Å². The van der Waals surface area contributed by atoms with Crippen molar-refractivity contribution in [1.82, 2.24) is 10.2 Å². The van der Waals surface area contributed by atoms with E-state index in [1.165, 1.54) is 32.1 Å². The van der Waals surface area contributed by atoms with Crippen LogP contribution in [0.5, 0.6) is 0 Å². The third-order valence-corrected chi connectivity index (χ3v) is 7.88. The third kappa shape index (κ3) is 5.22. The van der Waals surface area contributed by atoms with Gasteiger partial charge in [-0.2, -0.15) is 0 Å². The Morgan fingerprint density at radius 1 is 1.21 bits per heavy atom. The Hall–Kier alpha value is -0.0500. The molecule has 1 N–H and O–H groups in total. The molecule has 0 amide bonds. The highest BCUT2D eigenvalue weighted by atomic mass is 127. The van der Waals surface area contributed by atoms with Gasteiger partial charge in [-0.25, -0.2) is 8.42 Å². The summed E-state index contributed by atoms with van der Waals surface area (Å²) in [5.74, 6) is 1.00. The first-order valence-corrected chi connectivity index (χ1v) is 10.6. The van der Waals surface area contributed by atoms with Gasteiger partial charge in [0.1, 0.15) is 0 Å². The van der Waals surface area contributed by atoms with Crippen LogP contribution in [0, 0.1) is 5.41 Å². The van der Waals surface area contributed by atoms with Gasteiger partial charge in [0, 0.05) is 19.6 Å². The van der Waals surface area contributed by atoms with Gasteiger partial charge in [-0.05, 0) is 52.4 Å². The lowest BCUT2D eigenvalue weighted by atomic mass is 9.86. The van der Waals surface area contributed by atoms with Crippen LogP contribution < -0.4 is 5.32 Å². The molecule has 1 aliphatic heterocycles. The number of sulfone groups is 1. The quantitative estimate of drug-likeness (QED) is 0.389. The average molecular weight is 471 g/mol. The van der Waals surface area contributed by atoms with E-state index in [9.17, 15) is 8.42 Å². The molecular weight excluding hydrogens is 437 g/mol. The second-order valence-electron chi connectivity index (χ2n) is 8.05. The molecule has 0 bridgehead atoms. The van der Waals surface area contributed by atoms with Crippen LogP contribution >= 0.6 is 24.0 Å². The molecule has 1 heterocycles.